The Labute approximate surface area is 104 Å². The molecule has 2 aromatic heterocycles. The molecule has 1 amide bonds. The number of methoxy groups -OCH3 is 1. The maximum absolute atomic E-state index is 12.0. The standard InChI is InChI=1S/C12H13N3O3/c1-15(7-9-3-4-18-8-9)11(16)10-5-13-12(17-2)14-6-10/h3-6,8H,7H2,1-2H3. The Morgan fingerprint density at radius 2 is 2.17 bits per heavy atom. The van der Waals surface area contributed by atoms with Crippen LogP contribution in [0.5, 0.6) is 6.01 Å². The van der Waals surface area contributed by atoms with Gasteiger partial charge in [-0.25, -0.2) is 9.97 Å². The van der Waals surface area contributed by atoms with Gasteiger partial charge >= 0.3 is 6.01 Å². The molecule has 6 nitrogen and oxygen atoms in total. The number of ether oxygens (including phenoxy) is 1. The minimum atomic E-state index is -0.154. The van der Waals surface area contributed by atoms with Crippen LogP contribution in [0.1, 0.15) is 15.9 Å². The van der Waals surface area contributed by atoms with Gasteiger partial charge in [-0.05, 0) is 6.07 Å². The van der Waals surface area contributed by atoms with Crippen molar-refractivity contribution in [1.29, 1.82) is 0 Å². The molecule has 0 atom stereocenters. The monoisotopic (exact) mass is 247 g/mol. The Morgan fingerprint density at radius 3 is 2.72 bits per heavy atom. The van der Waals surface area contributed by atoms with Gasteiger partial charge in [0.05, 0.1) is 25.2 Å². The van der Waals surface area contributed by atoms with Crippen molar-refractivity contribution >= 4 is 5.91 Å². The molecule has 0 saturated heterocycles. The predicted molar refractivity (Wildman–Crippen MR) is 63.1 cm³/mol. The lowest BCUT2D eigenvalue weighted by Crippen LogP contribution is -2.26. The van der Waals surface area contributed by atoms with E-state index in [0.717, 1.165) is 5.56 Å². The smallest absolute Gasteiger partial charge is 0.316 e. The maximum atomic E-state index is 12.0. The number of nitrogens with zero attached hydrogens (tertiary/aromatic N) is 3. The van der Waals surface area contributed by atoms with E-state index in [1.54, 1.807) is 24.5 Å². The van der Waals surface area contributed by atoms with Crippen LogP contribution in [0.15, 0.2) is 35.4 Å². The fourth-order valence-electron chi connectivity index (χ4n) is 1.48. The summed E-state index contributed by atoms with van der Waals surface area (Å²) in [5.41, 5.74) is 1.35. The van der Waals surface area contributed by atoms with Gasteiger partial charge in [-0.1, -0.05) is 0 Å². The van der Waals surface area contributed by atoms with E-state index < -0.39 is 0 Å². The number of rotatable bonds is 4. The van der Waals surface area contributed by atoms with Crippen molar-refractivity contribution in [2.24, 2.45) is 0 Å². The largest absolute Gasteiger partial charge is 0.472 e. The van der Waals surface area contributed by atoms with Crippen molar-refractivity contribution < 1.29 is 13.9 Å². The highest BCUT2D eigenvalue weighted by atomic mass is 16.5. The second kappa shape index (κ2) is 5.31. The topological polar surface area (TPSA) is 68.5 Å². The van der Waals surface area contributed by atoms with Crippen molar-refractivity contribution in [2.75, 3.05) is 14.2 Å². The van der Waals surface area contributed by atoms with E-state index in [4.69, 9.17) is 9.15 Å². The molecule has 0 bridgehead atoms. The third kappa shape index (κ3) is 2.65. The van der Waals surface area contributed by atoms with Crippen molar-refractivity contribution in [1.82, 2.24) is 14.9 Å². The van der Waals surface area contributed by atoms with Gasteiger partial charge < -0.3 is 14.1 Å². The van der Waals surface area contributed by atoms with Crippen molar-refractivity contribution in [3.05, 3.63) is 42.1 Å². The highest BCUT2D eigenvalue weighted by Crippen LogP contribution is 2.08. The SMILES string of the molecule is COc1ncc(C(=O)N(C)Cc2ccoc2)cn1. The first kappa shape index (κ1) is 12.1. The Kier molecular flexibility index (Phi) is 3.57. The van der Waals surface area contributed by atoms with E-state index in [-0.39, 0.29) is 11.9 Å². The molecule has 0 aliphatic heterocycles. The number of furan rings is 1. The molecule has 0 aliphatic rings. The summed E-state index contributed by atoms with van der Waals surface area (Å²) in [7, 11) is 3.18. The lowest BCUT2D eigenvalue weighted by Gasteiger charge is -2.15. The molecule has 94 valence electrons. The van der Waals surface area contributed by atoms with Crippen LogP contribution in [0, 0.1) is 0 Å². The van der Waals surface area contributed by atoms with Gasteiger partial charge in [-0.2, -0.15) is 0 Å². The number of carbonyl (C=O) groups excluding carboxylic acids is 1. The molecule has 0 radical (unpaired) electrons. The minimum Gasteiger partial charge on any atom is -0.472 e. The van der Waals surface area contributed by atoms with E-state index in [1.807, 2.05) is 6.07 Å². The van der Waals surface area contributed by atoms with E-state index in [2.05, 4.69) is 9.97 Å². The third-order valence-electron chi connectivity index (χ3n) is 2.40. The normalized spacial score (nSPS) is 10.1. The maximum Gasteiger partial charge on any atom is 0.316 e. The molecule has 0 aliphatic carbocycles. The van der Waals surface area contributed by atoms with Crippen molar-refractivity contribution in [3.8, 4) is 6.01 Å². The van der Waals surface area contributed by atoms with Gasteiger partial charge in [0, 0.05) is 31.5 Å². The van der Waals surface area contributed by atoms with Crippen molar-refractivity contribution in [2.45, 2.75) is 6.54 Å². The van der Waals surface area contributed by atoms with Gasteiger partial charge in [0.25, 0.3) is 5.91 Å². The first-order chi connectivity index (χ1) is 8.70. The predicted octanol–water partition coefficient (Wildman–Crippen LogP) is 1.35. The van der Waals surface area contributed by atoms with E-state index in [1.165, 1.54) is 19.5 Å². The summed E-state index contributed by atoms with van der Waals surface area (Å²) in [6.45, 7) is 0.474. The molecular weight excluding hydrogens is 234 g/mol. The highest BCUT2D eigenvalue weighted by molar-refractivity contribution is 5.93. The van der Waals surface area contributed by atoms with Gasteiger partial charge in [-0.15, -0.1) is 0 Å². The molecule has 2 rings (SSSR count). The van der Waals surface area contributed by atoms with Gasteiger partial charge in [0.2, 0.25) is 0 Å². The van der Waals surface area contributed by atoms with Crippen LogP contribution in [0.25, 0.3) is 0 Å². The lowest BCUT2D eigenvalue weighted by atomic mass is 10.2. The number of carbonyl (C=O) groups is 1. The second-order valence-corrected chi connectivity index (χ2v) is 3.75. The van der Waals surface area contributed by atoms with Gasteiger partial charge in [-0.3, -0.25) is 4.79 Å². The second-order valence-electron chi connectivity index (χ2n) is 3.75. The summed E-state index contributed by atoms with van der Waals surface area (Å²) in [6.07, 6.45) is 6.07. The molecule has 0 saturated carbocycles. The van der Waals surface area contributed by atoms with Crippen LogP contribution < -0.4 is 4.74 Å². The summed E-state index contributed by atoms with van der Waals surface area (Å²) >= 11 is 0. The van der Waals surface area contributed by atoms with Crippen LogP contribution in [0.3, 0.4) is 0 Å². The summed E-state index contributed by atoms with van der Waals surface area (Å²) in [5, 5.41) is 0. The Balaban J connectivity index is 2.05. The Bertz CT molecular complexity index is 508. The Hall–Kier alpha value is -2.37. The van der Waals surface area contributed by atoms with E-state index in [0.29, 0.717) is 12.1 Å². The van der Waals surface area contributed by atoms with E-state index in [9.17, 15) is 4.79 Å². The summed E-state index contributed by atoms with van der Waals surface area (Å²) < 4.78 is 9.79. The minimum absolute atomic E-state index is 0.154. The van der Waals surface area contributed by atoms with E-state index >= 15 is 0 Å². The summed E-state index contributed by atoms with van der Waals surface area (Å²) in [4.78, 5) is 21.4. The molecule has 0 unspecified atom stereocenters. The zero-order valence-electron chi connectivity index (χ0n) is 10.2. The summed E-state index contributed by atoms with van der Waals surface area (Å²) in [5.74, 6) is -0.154. The molecule has 0 aromatic carbocycles. The molecular formula is C12H13N3O3. The molecule has 6 heteroatoms. The highest BCUT2D eigenvalue weighted by Gasteiger charge is 2.13. The first-order valence-electron chi connectivity index (χ1n) is 5.33. The van der Waals surface area contributed by atoms with Crippen LogP contribution in [0.4, 0.5) is 0 Å². The number of hydrogen-bond acceptors (Lipinski definition) is 5. The average Bonchev–Trinajstić information content (AvgIpc) is 2.91. The Morgan fingerprint density at radius 1 is 1.44 bits per heavy atom. The molecule has 0 fully saturated rings. The number of hydrogen-bond donors (Lipinski definition) is 0. The molecule has 18 heavy (non-hydrogen) atoms. The quantitative estimate of drug-likeness (QED) is 0.815. The van der Waals surface area contributed by atoms with Gasteiger partial charge in [0.15, 0.2) is 0 Å². The molecule has 2 heterocycles. The van der Waals surface area contributed by atoms with Crippen LogP contribution >= 0.6 is 0 Å². The van der Waals surface area contributed by atoms with Crippen LogP contribution in [0.2, 0.25) is 0 Å². The number of aromatic nitrogens is 2. The number of amides is 1. The van der Waals surface area contributed by atoms with Gasteiger partial charge in [0.1, 0.15) is 0 Å². The van der Waals surface area contributed by atoms with Crippen LogP contribution in [-0.4, -0.2) is 34.9 Å². The lowest BCUT2D eigenvalue weighted by molar-refractivity contribution is 0.0784. The summed E-state index contributed by atoms with van der Waals surface area (Å²) in [6, 6.07) is 2.05. The fourth-order valence-corrected chi connectivity index (χ4v) is 1.48. The average molecular weight is 247 g/mol. The molecule has 0 spiro atoms. The fraction of sp³-hybridized carbons (Fsp3) is 0.250. The first-order valence-corrected chi connectivity index (χ1v) is 5.33. The molecule has 0 N–H and O–H groups in total. The van der Waals surface area contributed by atoms with Crippen LogP contribution in [-0.2, 0) is 6.54 Å². The third-order valence-corrected chi connectivity index (χ3v) is 2.40. The molecule has 2 aromatic rings. The zero-order valence-corrected chi connectivity index (χ0v) is 10.2. The zero-order chi connectivity index (χ0) is 13.0. The van der Waals surface area contributed by atoms with Crippen molar-refractivity contribution in [3.63, 3.8) is 0 Å².